The van der Waals surface area contributed by atoms with E-state index in [1.54, 1.807) is 12.1 Å². The molecule has 1 fully saturated rings. The molecule has 1 heterocycles. The molecule has 1 atom stereocenters. The molecule has 23 heavy (non-hydrogen) atoms. The lowest BCUT2D eigenvalue weighted by molar-refractivity contribution is -0.121. The van der Waals surface area contributed by atoms with Crippen LogP contribution in [0.4, 0.5) is 11.4 Å². The number of amides is 2. The lowest BCUT2D eigenvalue weighted by Gasteiger charge is -2.17. The van der Waals surface area contributed by atoms with Crippen molar-refractivity contribution in [1.29, 1.82) is 0 Å². The van der Waals surface area contributed by atoms with Gasteiger partial charge in [0.05, 0.1) is 12.1 Å². The highest BCUT2D eigenvalue weighted by Gasteiger charge is 2.39. The maximum Gasteiger partial charge on any atom is 0.256 e. The monoisotopic (exact) mass is 310 g/mol. The first-order chi connectivity index (χ1) is 11.0. The molecule has 118 valence electrons. The summed E-state index contributed by atoms with van der Waals surface area (Å²) < 4.78 is 0. The molecular weight excluding hydrogens is 292 g/mol. The van der Waals surface area contributed by atoms with Crippen LogP contribution in [-0.4, -0.2) is 23.0 Å². The van der Waals surface area contributed by atoms with Crippen LogP contribution >= 0.6 is 0 Å². The van der Waals surface area contributed by atoms with Crippen molar-refractivity contribution >= 4 is 23.2 Å². The van der Waals surface area contributed by atoms with Gasteiger partial charge < -0.3 is 10.4 Å². The average molecular weight is 310 g/mol. The molecule has 0 radical (unpaired) electrons. The van der Waals surface area contributed by atoms with Gasteiger partial charge in [-0.1, -0.05) is 23.8 Å². The maximum atomic E-state index is 12.6. The quantitative estimate of drug-likeness (QED) is 0.855. The number of imide groups is 1. The van der Waals surface area contributed by atoms with Crippen molar-refractivity contribution in [2.75, 3.05) is 10.2 Å². The fourth-order valence-corrected chi connectivity index (χ4v) is 2.81. The van der Waals surface area contributed by atoms with Gasteiger partial charge in [-0.3, -0.25) is 9.59 Å². The predicted octanol–water partition coefficient (Wildman–Crippen LogP) is 2.75. The predicted molar refractivity (Wildman–Crippen MR) is 88.5 cm³/mol. The maximum absolute atomic E-state index is 12.6. The molecule has 0 bridgehead atoms. The van der Waals surface area contributed by atoms with Crippen LogP contribution in [0.1, 0.15) is 17.5 Å². The van der Waals surface area contributed by atoms with Gasteiger partial charge in [-0.05, 0) is 37.6 Å². The zero-order valence-corrected chi connectivity index (χ0v) is 13.0. The van der Waals surface area contributed by atoms with Crippen molar-refractivity contribution < 1.29 is 14.7 Å². The number of nitrogens with zero attached hydrogens (tertiary/aromatic N) is 1. The van der Waals surface area contributed by atoms with Gasteiger partial charge in [0.15, 0.2) is 0 Å². The number of carbonyl (C=O) groups is 2. The van der Waals surface area contributed by atoms with E-state index in [2.05, 4.69) is 5.32 Å². The van der Waals surface area contributed by atoms with E-state index in [9.17, 15) is 14.7 Å². The second kappa shape index (κ2) is 5.76. The number of phenolic OH excluding ortho intramolecular Hbond substituents is 1. The zero-order valence-electron chi connectivity index (χ0n) is 13.0. The highest BCUT2D eigenvalue weighted by molar-refractivity contribution is 6.23. The Morgan fingerprint density at radius 2 is 1.91 bits per heavy atom. The smallest absolute Gasteiger partial charge is 0.256 e. The van der Waals surface area contributed by atoms with Crippen LogP contribution in [0.15, 0.2) is 42.5 Å². The van der Waals surface area contributed by atoms with Crippen LogP contribution < -0.4 is 10.2 Å². The Balaban J connectivity index is 1.84. The second-order valence-corrected chi connectivity index (χ2v) is 5.81. The molecule has 2 amide bonds. The van der Waals surface area contributed by atoms with Crippen LogP contribution in [0.2, 0.25) is 0 Å². The van der Waals surface area contributed by atoms with E-state index in [0.717, 1.165) is 21.7 Å². The van der Waals surface area contributed by atoms with Gasteiger partial charge >= 0.3 is 0 Å². The first-order valence-electron chi connectivity index (χ1n) is 7.45. The van der Waals surface area contributed by atoms with E-state index in [1.807, 2.05) is 32.0 Å². The van der Waals surface area contributed by atoms with Crippen molar-refractivity contribution in [1.82, 2.24) is 0 Å². The molecule has 1 aliphatic heterocycles. The molecule has 0 aromatic heterocycles. The van der Waals surface area contributed by atoms with E-state index >= 15 is 0 Å². The van der Waals surface area contributed by atoms with Crippen LogP contribution in [0.25, 0.3) is 0 Å². The Bertz CT molecular complexity index is 786. The Labute approximate surface area is 134 Å². The van der Waals surface area contributed by atoms with E-state index in [-0.39, 0.29) is 24.0 Å². The van der Waals surface area contributed by atoms with Crippen LogP contribution in [0.3, 0.4) is 0 Å². The topological polar surface area (TPSA) is 69.6 Å². The number of benzene rings is 2. The Hall–Kier alpha value is -2.82. The Morgan fingerprint density at radius 3 is 2.61 bits per heavy atom. The minimum absolute atomic E-state index is 0.0221. The Morgan fingerprint density at radius 1 is 1.13 bits per heavy atom. The van der Waals surface area contributed by atoms with Gasteiger partial charge in [-0.2, -0.15) is 0 Å². The van der Waals surface area contributed by atoms with Gasteiger partial charge in [0.1, 0.15) is 11.8 Å². The number of phenols is 1. The molecule has 2 aromatic rings. The normalized spacial score (nSPS) is 17.7. The first kappa shape index (κ1) is 15.1. The molecule has 1 unspecified atom stereocenters. The SMILES string of the molecule is Cc1ccc(NC2CC(=O)N(c3cccc(O)c3)C2=O)c(C)c1. The summed E-state index contributed by atoms with van der Waals surface area (Å²) in [5.41, 5.74) is 3.41. The van der Waals surface area contributed by atoms with E-state index in [1.165, 1.54) is 12.1 Å². The van der Waals surface area contributed by atoms with Gasteiger partial charge in [0, 0.05) is 11.8 Å². The highest BCUT2D eigenvalue weighted by atomic mass is 16.3. The molecule has 3 rings (SSSR count). The van der Waals surface area contributed by atoms with Crippen molar-refractivity contribution in [3.05, 3.63) is 53.6 Å². The molecule has 1 aliphatic rings. The van der Waals surface area contributed by atoms with Crippen molar-refractivity contribution in [3.8, 4) is 5.75 Å². The number of hydrogen-bond donors (Lipinski definition) is 2. The summed E-state index contributed by atoms with van der Waals surface area (Å²) >= 11 is 0. The lowest BCUT2D eigenvalue weighted by Crippen LogP contribution is -2.34. The number of aryl methyl sites for hydroxylation is 2. The summed E-state index contributed by atoms with van der Waals surface area (Å²) in [6, 6.07) is 11.5. The van der Waals surface area contributed by atoms with Gasteiger partial charge in [-0.25, -0.2) is 4.90 Å². The largest absolute Gasteiger partial charge is 0.508 e. The molecule has 5 nitrogen and oxygen atoms in total. The minimum Gasteiger partial charge on any atom is -0.508 e. The second-order valence-electron chi connectivity index (χ2n) is 5.81. The summed E-state index contributed by atoms with van der Waals surface area (Å²) in [5.74, 6) is -0.558. The fourth-order valence-electron chi connectivity index (χ4n) is 2.81. The first-order valence-corrected chi connectivity index (χ1v) is 7.45. The minimum atomic E-state index is -0.591. The highest BCUT2D eigenvalue weighted by Crippen LogP contribution is 2.28. The van der Waals surface area contributed by atoms with Gasteiger partial charge in [-0.15, -0.1) is 0 Å². The van der Waals surface area contributed by atoms with Gasteiger partial charge in [0.2, 0.25) is 5.91 Å². The Kier molecular flexibility index (Phi) is 3.78. The number of nitrogens with one attached hydrogen (secondary N) is 1. The van der Waals surface area contributed by atoms with E-state index < -0.39 is 6.04 Å². The number of hydrogen-bond acceptors (Lipinski definition) is 4. The van der Waals surface area contributed by atoms with Crippen molar-refractivity contribution in [3.63, 3.8) is 0 Å². The molecule has 1 saturated heterocycles. The third kappa shape index (κ3) is 2.90. The standard InChI is InChI=1S/C18H18N2O3/c1-11-6-7-15(12(2)8-11)19-16-10-17(22)20(18(16)23)13-4-3-5-14(21)9-13/h3-9,16,19,21H,10H2,1-2H3. The number of aromatic hydroxyl groups is 1. The number of rotatable bonds is 3. The van der Waals surface area contributed by atoms with Crippen LogP contribution in [0.5, 0.6) is 5.75 Å². The molecule has 0 aliphatic carbocycles. The fraction of sp³-hybridized carbons (Fsp3) is 0.222. The van der Waals surface area contributed by atoms with Gasteiger partial charge in [0.25, 0.3) is 5.91 Å². The van der Waals surface area contributed by atoms with Crippen molar-refractivity contribution in [2.24, 2.45) is 0 Å². The molecular formula is C18H18N2O3. The van der Waals surface area contributed by atoms with Crippen LogP contribution in [0, 0.1) is 13.8 Å². The van der Waals surface area contributed by atoms with Crippen LogP contribution in [-0.2, 0) is 9.59 Å². The average Bonchev–Trinajstić information content (AvgIpc) is 2.76. The lowest BCUT2D eigenvalue weighted by atomic mass is 10.1. The summed E-state index contributed by atoms with van der Waals surface area (Å²) in [4.78, 5) is 25.9. The third-order valence-corrected chi connectivity index (χ3v) is 3.95. The number of carbonyl (C=O) groups excluding carboxylic acids is 2. The van der Waals surface area contributed by atoms with E-state index in [4.69, 9.17) is 0 Å². The summed E-state index contributed by atoms with van der Waals surface area (Å²) in [6.45, 7) is 3.97. The molecule has 0 saturated carbocycles. The summed E-state index contributed by atoms with van der Waals surface area (Å²) in [5, 5.41) is 12.7. The van der Waals surface area contributed by atoms with Crippen molar-refractivity contribution in [2.45, 2.75) is 26.3 Å². The summed E-state index contributed by atoms with van der Waals surface area (Å²) in [6.07, 6.45) is 0.0990. The van der Waals surface area contributed by atoms with E-state index in [0.29, 0.717) is 5.69 Å². The molecule has 0 spiro atoms. The molecule has 2 aromatic carbocycles. The third-order valence-electron chi connectivity index (χ3n) is 3.95. The summed E-state index contributed by atoms with van der Waals surface area (Å²) in [7, 11) is 0. The number of anilines is 2. The zero-order chi connectivity index (χ0) is 16.6. The molecule has 5 heteroatoms. The molecule has 2 N–H and O–H groups in total.